The molecule has 12 nitrogen and oxygen atoms in total. The van der Waals surface area contributed by atoms with Crippen LogP contribution < -0.4 is 10.9 Å². The molecule has 7 rings (SSSR count). The molecular formula is C28H23BrClF3N8O4. The van der Waals surface area contributed by atoms with E-state index in [9.17, 15) is 32.7 Å². The largest absolute Gasteiger partial charge is 0.504 e. The topological polar surface area (TPSA) is 148 Å². The zero-order chi connectivity index (χ0) is 32.0. The zero-order valence-corrected chi connectivity index (χ0v) is 25.7. The summed E-state index contributed by atoms with van der Waals surface area (Å²) >= 11 is 9.29. The van der Waals surface area contributed by atoms with Crippen molar-refractivity contribution < 1.29 is 27.9 Å². The van der Waals surface area contributed by atoms with E-state index in [4.69, 9.17) is 11.6 Å². The van der Waals surface area contributed by atoms with E-state index in [1.807, 2.05) is 0 Å². The number of alkyl halides is 3. The Bertz CT molecular complexity index is 1990. The summed E-state index contributed by atoms with van der Waals surface area (Å²) in [4.78, 5) is 54.4. The molecule has 4 heterocycles. The summed E-state index contributed by atoms with van der Waals surface area (Å²) in [6.07, 6.45) is -1.64. The number of halogens is 5. The molecule has 234 valence electrons. The number of hydrogen-bond donors (Lipinski definition) is 2. The van der Waals surface area contributed by atoms with E-state index in [-0.39, 0.29) is 56.6 Å². The lowest BCUT2D eigenvalue weighted by Gasteiger charge is -2.41. The van der Waals surface area contributed by atoms with Crippen molar-refractivity contribution in [3.05, 3.63) is 72.8 Å². The summed E-state index contributed by atoms with van der Waals surface area (Å²) in [5.41, 5.74) is -0.437. The normalized spacial score (nSPS) is 19.9. The second kappa shape index (κ2) is 10.2. The van der Waals surface area contributed by atoms with Crippen LogP contribution in [0.2, 0.25) is 5.02 Å². The summed E-state index contributed by atoms with van der Waals surface area (Å²) in [5.74, 6) is -1.04. The third kappa shape index (κ3) is 4.67. The number of benzene rings is 1. The molecule has 4 aromatic rings. The molecule has 3 aliphatic rings. The van der Waals surface area contributed by atoms with E-state index in [1.54, 1.807) is 16.4 Å². The summed E-state index contributed by atoms with van der Waals surface area (Å²) in [7, 11) is 0. The molecule has 45 heavy (non-hydrogen) atoms. The van der Waals surface area contributed by atoms with Crippen LogP contribution in [0.1, 0.15) is 58.2 Å². The minimum atomic E-state index is -4.59. The summed E-state index contributed by atoms with van der Waals surface area (Å²) in [6.45, 7) is 1.91. The van der Waals surface area contributed by atoms with Gasteiger partial charge in [0.25, 0.3) is 11.5 Å². The number of fused-ring (bicyclic) bond motifs is 6. The maximum absolute atomic E-state index is 14.0. The Balaban J connectivity index is 1.21. The van der Waals surface area contributed by atoms with Crippen LogP contribution >= 0.6 is 27.5 Å². The van der Waals surface area contributed by atoms with E-state index < -0.39 is 29.0 Å². The minimum absolute atomic E-state index is 0.00810. The number of nitrogens with zero attached hydrogens (tertiary/aromatic N) is 7. The highest BCUT2D eigenvalue weighted by atomic mass is 79.9. The Morgan fingerprint density at radius 3 is 2.64 bits per heavy atom. The average Bonchev–Trinajstić information content (AvgIpc) is 3.62. The quantitative estimate of drug-likeness (QED) is 0.323. The maximum Gasteiger partial charge on any atom is 0.416 e. The molecule has 1 aliphatic heterocycles. The first-order chi connectivity index (χ1) is 21.3. The Labute approximate surface area is 265 Å². The third-order valence-corrected chi connectivity index (χ3v) is 9.78. The fourth-order valence-corrected chi connectivity index (χ4v) is 7.53. The molecule has 2 N–H and O–H groups in total. The van der Waals surface area contributed by atoms with E-state index >= 15 is 0 Å². The summed E-state index contributed by atoms with van der Waals surface area (Å²) in [5, 5.41) is 16.9. The number of likely N-dealkylation sites (tertiary alicyclic amines) is 1. The first-order valence-corrected chi connectivity index (χ1v) is 15.1. The van der Waals surface area contributed by atoms with Crippen LogP contribution in [-0.2, 0) is 22.9 Å². The van der Waals surface area contributed by atoms with Crippen LogP contribution in [-0.4, -0.2) is 64.0 Å². The van der Waals surface area contributed by atoms with Gasteiger partial charge in [0.15, 0.2) is 11.4 Å². The van der Waals surface area contributed by atoms with E-state index in [0.29, 0.717) is 42.9 Å². The number of hydrogen-bond acceptors (Lipinski definition) is 8. The van der Waals surface area contributed by atoms with E-state index in [1.165, 1.54) is 6.33 Å². The second-order valence-electron chi connectivity index (χ2n) is 11.5. The molecule has 0 bridgehead atoms. The molecule has 2 fully saturated rings. The fourth-order valence-electron chi connectivity index (χ4n) is 6.98. The summed E-state index contributed by atoms with van der Waals surface area (Å²) in [6, 6.07) is 2.66. The van der Waals surface area contributed by atoms with Gasteiger partial charge in [0.05, 0.1) is 22.0 Å². The highest BCUT2D eigenvalue weighted by Crippen LogP contribution is 2.67. The molecule has 0 unspecified atom stereocenters. The number of aryl methyl sites for hydroxylation is 1. The van der Waals surface area contributed by atoms with Crippen molar-refractivity contribution in [2.45, 2.75) is 50.2 Å². The van der Waals surface area contributed by atoms with Crippen molar-refractivity contribution in [3.63, 3.8) is 0 Å². The molecule has 2 amide bonds. The van der Waals surface area contributed by atoms with Gasteiger partial charge >= 0.3 is 6.18 Å². The molecule has 3 aromatic heterocycles. The van der Waals surface area contributed by atoms with Crippen molar-refractivity contribution >= 4 is 50.8 Å². The van der Waals surface area contributed by atoms with Gasteiger partial charge in [-0.15, -0.1) is 5.10 Å². The van der Waals surface area contributed by atoms with Crippen molar-refractivity contribution in [1.29, 1.82) is 0 Å². The first-order valence-electron chi connectivity index (χ1n) is 14.0. The first kappa shape index (κ1) is 29.6. The third-order valence-electron chi connectivity index (χ3n) is 9.13. The highest BCUT2D eigenvalue weighted by molar-refractivity contribution is 9.10. The molecule has 2 aliphatic carbocycles. The molecule has 2 atom stereocenters. The van der Waals surface area contributed by atoms with Crippen molar-refractivity contribution in [2.24, 2.45) is 5.92 Å². The predicted octanol–water partition coefficient (Wildman–Crippen LogP) is 4.06. The van der Waals surface area contributed by atoms with Gasteiger partial charge in [-0.05, 0) is 66.2 Å². The Hall–Kier alpha value is -4.05. The zero-order valence-electron chi connectivity index (χ0n) is 23.4. The Morgan fingerprint density at radius 1 is 1.22 bits per heavy atom. The number of carbonyl (C=O) groups is 2. The standard InChI is InChI=1S/C28H23BrClF3N8O4/c1-12-22(43)20(35-11-34-12)24(45)39-6-4-27(5-7-39)15-9-14(15)21-19(27)23(44)41-26(37-25(29)38-41)40(21)10-18(42)36-17-3-2-13(8-16(17)30)28(31,32)33/h2-3,8,11,14-15,43H,4-7,9-10H2,1H3,(H,36,42)/t14-,15+/m1/s1. The van der Waals surface area contributed by atoms with Gasteiger partial charge in [-0.1, -0.05) is 11.6 Å². The van der Waals surface area contributed by atoms with Gasteiger partial charge in [-0.2, -0.15) is 22.7 Å². The van der Waals surface area contributed by atoms with Crippen LogP contribution in [0.5, 0.6) is 5.75 Å². The molecule has 1 saturated heterocycles. The van der Waals surface area contributed by atoms with Gasteiger partial charge in [0.2, 0.25) is 16.4 Å². The van der Waals surface area contributed by atoms with Crippen molar-refractivity contribution in [1.82, 2.24) is 34.0 Å². The molecule has 17 heteroatoms. The molecular weight excluding hydrogens is 685 g/mol. The highest BCUT2D eigenvalue weighted by Gasteiger charge is 2.64. The number of carbonyl (C=O) groups excluding carboxylic acids is 2. The number of aromatic nitrogens is 6. The van der Waals surface area contributed by atoms with Crippen LogP contribution in [0, 0.1) is 12.8 Å². The molecule has 1 spiro atoms. The molecule has 1 aromatic carbocycles. The number of rotatable bonds is 4. The number of anilines is 1. The van der Waals surface area contributed by atoms with E-state index in [2.05, 4.69) is 41.3 Å². The molecule has 1 saturated carbocycles. The van der Waals surface area contributed by atoms with Crippen LogP contribution in [0.15, 0.2) is 34.1 Å². The van der Waals surface area contributed by atoms with Gasteiger partial charge < -0.3 is 19.9 Å². The van der Waals surface area contributed by atoms with E-state index in [0.717, 1.165) is 29.1 Å². The molecule has 0 radical (unpaired) electrons. The fraction of sp³-hybridized carbons (Fsp3) is 0.393. The minimum Gasteiger partial charge on any atom is -0.504 e. The van der Waals surface area contributed by atoms with Gasteiger partial charge in [0, 0.05) is 35.7 Å². The Morgan fingerprint density at radius 2 is 1.96 bits per heavy atom. The average molecular weight is 708 g/mol. The lowest BCUT2D eigenvalue weighted by atomic mass is 9.71. The van der Waals surface area contributed by atoms with Crippen molar-refractivity contribution in [3.8, 4) is 5.75 Å². The Kier molecular flexibility index (Phi) is 6.74. The monoisotopic (exact) mass is 706 g/mol. The SMILES string of the molecule is Cc1ncnc(C(=O)N2CCC3(CC2)c2c(n(CC(=O)Nc4ccc(C(F)(F)F)cc4Cl)c4nc(Br)nn4c2=O)[C@@H]2C[C@@H]23)c1O. The number of piperidine rings is 1. The number of amides is 2. The van der Waals surface area contributed by atoms with Crippen LogP contribution in [0.25, 0.3) is 5.78 Å². The number of aromatic hydroxyl groups is 1. The summed E-state index contributed by atoms with van der Waals surface area (Å²) < 4.78 is 42.2. The second-order valence-corrected chi connectivity index (χ2v) is 12.7. The maximum atomic E-state index is 14.0. The van der Waals surface area contributed by atoms with Crippen LogP contribution in [0.4, 0.5) is 18.9 Å². The van der Waals surface area contributed by atoms with Crippen molar-refractivity contribution in [2.75, 3.05) is 18.4 Å². The number of nitrogens with one attached hydrogen (secondary N) is 1. The predicted molar refractivity (Wildman–Crippen MR) is 156 cm³/mol. The van der Waals surface area contributed by atoms with Gasteiger partial charge in [-0.25, -0.2) is 9.97 Å². The van der Waals surface area contributed by atoms with Crippen LogP contribution in [0.3, 0.4) is 0 Å². The van der Waals surface area contributed by atoms with Gasteiger partial charge in [-0.3, -0.25) is 14.4 Å². The smallest absolute Gasteiger partial charge is 0.416 e. The lowest BCUT2D eigenvalue weighted by molar-refractivity contribution is -0.137. The lowest BCUT2D eigenvalue weighted by Crippen LogP contribution is -2.48. The van der Waals surface area contributed by atoms with Gasteiger partial charge in [0.1, 0.15) is 12.9 Å².